The minimum Gasteiger partial charge on any atom is -0.392 e. The van der Waals surface area contributed by atoms with Crippen LogP contribution in [-0.4, -0.2) is 66.3 Å². The molecule has 132 valence electrons. The van der Waals surface area contributed by atoms with Crippen LogP contribution in [0.15, 0.2) is 18.2 Å². The Balaban J connectivity index is 1.62. The summed E-state index contributed by atoms with van der Waals surface area (Å²) in [5.74, 6) is -1.71. The largest absolute Gasteiger partial charge is 0.392 e. The van der Waals surface area contributed by atoms with E-state index in [9.17, 15) is 18.7 Å². The maximum atomic E-state index is 13.5. The second-order valence-corrected chi connectivity index (χ2v) is 6.32. The summed E-state index contributed by atoms with van der Waals surface area (Å²) in [6, 6.07) is 3.62. The average molecular weight is 340 g/mol. The number of morpholine rings is 1. The van der Waals surface area contributed by atoms with Crippen molar-refractivity contribution in [3.63, 3.8) is 0 Å². The van der Waals surface area contributed by atoms with Crippen molar-refractivity contribution in [2.24, 2.45) is 0 Å². The quantitative estimate of drug-likeness (QED) is 0.898. The third-order valence-electron chi connectivity index (χ3n) is 4.69. The monoisotopic (exact) mass is 340 g/mol. The maximum absolute atomic E-state index is 13.5. The molecule has 7 heteroatoms. The van der Waals surface area contributed by atoms with E-state index in [1.807, 2.05) is 4.90 Å². The Labute approximate surface area is 139 Å². The van der Waals surface area contributed by atoms with Crippen LogP contribution in [0, 0.1) is 11.6 Å². The van der Waals surface area contributed by atoms with Crippen molar-refractivity contribution in [3.8, 4) is 0 Å². The molecule has 24 heavy (non-hydrogen) atoms. The van der Waals surface area contributed by atoms with Crippen LogP contribution < -0.4 is 0 Å². The molecule has 1 aromatic carbocycles. The summed E-state index contributed by atoms with van der Waals surface area (Å²) in [6.07, 6.45) is 0.269. The number of likely N-dealkylation sites (tertiary alicyclic amines) is 1. The molecule has 0 aliphatic carbocycles. The number of amides is 1. The Morgan fingerprint density at radius 3 is 2.71 bits per heavy atom. The molecule has 1 amide bonds. The molecule has 2 fully saturated rings. The van der Waals surface area contributed by atoms with E-state index in [0.29, 0.717) is 57.8 Å². The van der Waals surface area contributed by atoms with Gasteiger partial charge in [0.25, 0.3) is 0 Å². The van der Waals surface area contributed by atoms with Crippen molar-refractivity contribution in [1.82, 2.24) is 9.80 Å². The fraction of sp³-hybridized carbons (Fsp3) is 0.588. The first kappa shape index (κ1) is 17.3. The summed E-state index contributed by atoms with van der Waals surface area (Å²) in [5.41, 5.74) is 0.629. The highest BCUT2D eigenvalue weighted by atomic mass is 19.2. The molecule has 0 saturated carbocycles. The number of halogens is 2. The van der Waals surface area contributed by atoms with Crippen molar-refractivity contribution in [2.45, 2.75) is 25.0 Å². The summed E-state index contributed by atoms with van der Waals surface area (Å²) in [7, 11) is 0. The maximum Gasteiger partial charge on any atom is 0.224 e. The van der Waals surface area contributed by atoms with Gasteiger partial charge in [0.15, 0.2) is 11.6 Å². The smallest absolute Gasteiger partial charge is 0.224 e. The van der Waals surface area contributed by atoms with Gasteiger partial charge in [-0.3, -0.25) is 9.69 Å². The van der Waals surface area contributed by atoms with Gasteiger partial charge in [0.05, 0.1) is 19.3 Å². The van der Waals surface area contributed by atoms with Crippen molar-refractivity contribution in [2.75, 3.05) is 39.4 Å². The number of β-amino-alcohol motifs (C(OH)–C–C–N with tert-alkyl or cyclic N) is 1. The lowest BCUT2D eigenvalue weighted by Gasteiger charge is -2.29. The van der Waals surface area contributed by atoms with E-state index < -0.39 is 17.7 Å². The molecule has 2 heterocycles. The number of rotatable bonds is 4. The standard InChI is InChI=1S/C17H22F2N2O3/c18-14-2-1-12(9-15(14)19)16-10-13(22)11-21(16)4-3-17(23)20-5-7-24-8-6-20/h1-2,9,13,16,22H,3-8,10-11H2/t13-,16-/m1/s1. The first-order valence-corrected chi connectivity index (χ1v) is 8.27. The van der Waals surface area contributed by atoms with Gasteiger partial charge in [-0.2, -0.15) is 0 Å². The highest BCUT2D eigenvalue weighted by molar-refractivity contribution is 5.76. The Kier molecular flexibility index (Phi) is 5.43. The molecule has 2 atom stereocenters. The normalized spacial score (nSPS) is 25.2. The Morgan fingerprint density at radius 2 is 2.00 bits per heavy atom. The van der Waals surface area contributed by atoms with Crippen LogP contribution in [0.3, 0.4) is 0 Å². The number of nitrogens with zero attached hydrogens (tertiary/aromatic N) is 2. The zero-order chi connectivity index (χ0) is 17.1. The first-order valence-electron chi connectivity index (χ1n) is 8.27. The van der Waals surface area contributed by atoms with Crippen LogP contribution in [0.4, 0.5) is 8.78 Å². The van der Waals surface area contributed by atoms with Crippen molar-refractivity contribution >= 4 is 5.91 Å². The summed E-state index contributed by atoms with van der Waals surface area (Å²) < 4.78 is 31.8. The number of hydrogen-bond acceptors (Lipinski definition) is 4. The molecule has 3 rings (SSSR count). The van der Waals surface area contributed by atoms with Gasteiger partial charge in [0.1, 0.15) is 0 Å². The van der Waals surface area contributed by atoms with Crippen LogP contribution in [-0.2, 0) is 9.53 Å². The molecule has 2 aliphatic heterocycles. The lowest BCUT2D eigenvalue weighted by molar-refractivity contribution is -0.135. The Bertz CT molecular complexity index is 593. The lowest BCUT2D eigenvalue weighted by atomic mass is 10.0. The molecule has 0 aromatic heterocycles. The average Bonchev–Trinajstić information content (AvgIpc) is 2.97. The summed E-state index contributed by atoms with van der Waals surface area (Å²) in [4.78, 5) is 16.0. The van der Waals surface area contributed by atoms with Gasteiger partial charge in [-0.05, 0) is 24.1 Å². The van der Waals surface area contributed by atoms with E-state index >= 15 is 0 Å². The molecule has 0 radical (unpaired) electrons. The van der Waals surface area contributed by atoms with E-state index in [4.69, 9.17) is 4.74 Å². The molecule has 1 N–H and O–H groups in total. The molecule has 5 nitrogen and oxygen atoms in total. The van der Waals surface area contributed by atoms with Crippen LogP contribution >= 0.6 is 0 Å². The highest BCUT2D eigenvalue weighted by Crippen LogP contribution is 2.32. The van der Waals surface area contributed by atoms with Crippen molar-refractivity contribution in [1.29, 1.82) is 0 Å². The molecule has 2 aliphatic rings. The first-order chi connectivity index (χ1) is 11.5. The van der Waals surface area contributed by atoms with Gasteiger partial charge in [-0.1, -0.05) is 6.07 Å². The molecule has 0 bridgehead atoms. The van der Waals surface area contributed by atoms with Crippen LogP contribution in [0.25, 0.3) is 0 Å². The third-order valence-corrected chi connectivity index (χ3v) is 4.69. The fourth-order valence-electron chi connectivity index (χ4n) is 3.40. The fourth-order valence-corrected chi connectivity index (χ4v) is 3.40. The van der Waals surface area contributed by atoms with Gasteiger partial charge >= 0.3 is 0 Å². The number of ether oxygens (including phenoxy) is 1. The third kappa shape index (κ3) is 3.91. The van der Waals surface area contributed by atoms with E-state index in [2.05, 4.69) is 0 Å². The van der Waals surface area contributed by atoms with Crippen molar-refractivity contribution < 1.29 is 23.4 Å². The number of aliphatic hydroxyl groups is 1. The lowest BCUT2D eigenvalue weighted by Crippen LogP contribution is -2.42. The van der Waals surface area contributed by atoms with E-state index in [-0.39, 0.29) is 11.9 Å². The SMILES string of the molecule is O=C(CCN1C[C@H](O)C[C@@H]1c1ccc(F)c(F)c1)N1CCOCC1. The van der Waals surface area contributed by atoms with E-state index in [1.165, 1.54) is 12.1 Å². The number of benzene rings is 1. The van der Waals surface area contributed by atoms with E-state index in [0.717, 1.165) is 6.07 Å². The Hall–Kier alpha value is -1.57. The summed E-state index contributed by atoms with van der Waals surface area (Å²) in [6.45, 7) is 3.25. The van der Waals surface area contributed by atoms with Crippen molar-refractivity contribution in [3.05, 3.63) is 35.4 Å². The summed E-state index contributed by atoms with van der Waals surface area (Å²) >= 11 is 0. The van der Waals surface area contributed by atoms with Gasteiger partial charge in [0.2, 0.25) is 5.91 Å². The van der Waals surface area contributed by atoms with Gasteiger partial charge < -0.3 is 14.7 Å². The number of carbonyl (C=O) groups is 1. The highest BCUT2D eigenvalue weighted by Gasteiger charge is 2.33. The predicted molar refractivity (Wildman–Crippen MR) is 83.3 cm³/mol. The topological polar surface area (TPSA) is 53.0 Å². The second kappa shape index (κ2) is 7.55. The number of carbonyl (C=O) groups excluding carboxylic acids is 1. The minimum atomic E-state index is -0.891. The summed E-state index contributed by atoms with van der Waals surface area (Å²) in [5, 5.41) is 9.95. The second-order valence-electron chi connectivity index (χ2n) is 6.32. The molecular formula is C17H22F2N2O3. The predicted octanol–water partition coefficient (Wildman–Crippen LogP) is 1.32. The van der Waals surface area contributed by atoms with Crippen LogP contribution in [0.1, 0.15) is 24.4 Å². The van der Waals surface area contributed by atoms with E-state index in [1.54, 1.807) is 4.90 Å². The van der Waals surface area contributed by atoms with Crippen LogP contribution in [0.2, 0.25) is 0 Å². The molecule has 0 spiro atoms. The van der Waals surface area contributed by atoms with Gasteiger partial charge in [0, 0.05) is 38.6 Å². The molecular weight excluding hydrogens is 318 g/mol. The Morgan fingerprint density at radius 1 is 1.25 bits per heavy atom. The zero-order valence-corrected chi connectivity index (χ0v) is 13.5. The van der Waals surface area contributed by atoms with Gasteiger partial charge in [-0.25, -0.2) is 8.78 Å². The molecule has 0 unspecified atom stereocenters. The van der Waals surface area contributed by atoms with Crippen LogP contribution in [0.5, 0.6) is 0 Å². The molecule has 2 saturated heterocycles. The zero-order valence-electron chi connectivity index (χ0n) is 13.5. The number of hydrogen-bond donors (Lipinski definition) is 1. The molecule has 1 aromatic rings. The van der Waals surface area contributed by atoms with Gasteiger partial charge in [-0.15, -0.1) is 0 Å². The minimum absolute atomic E-state index is 0.0590. The number of aliphatic hydroxyl groups excluding tert-OH is 1.